The molecule has 4 heteroatoms. The smallest absolute Gasteiger partial charge is 0.233 e. The number of carbonyl (C=O) groups excluding carboxylic acids is 3. The number of hydrogen-bond donors (Lipinski definition) is 0. The van der Waals surface area contributed by atoms with Crippen molar-refractivity contribution >= 4 is 17.6 Å². The van der Waals surface area contributed by atoms with Gasteiger partial charge < -0.3 is 0 Å². The molecule has 19 heavy (non-hydrogen) atoms. The van der Waals surface area contributed by atoms with Crippen molar-refractivity contribution in [1.82, 2.24) is 4.90 Å². The first kappa shape index (κ1) is 12.1. The van der Waals surface area contributed by atoms with Crippen LogP contribution in [0.25, 0.3) is 0 Å². The molecule has 1 aromatic carbocycles. The molecule has 1 saturated carbocycles. The Morgan fingerprint density at radius 1 is 0.947 bits per heavy atom. The van der Waals surface area contributed by atoms with Crippen LogP contribution in [0, 0.1) is 11.8 Å². The summed E-state index contributed by atoms with van der Waals surface area (Å²) in [5.74, 6) is -1.25. The number of rotatable bonds is 1. The third kappa shape index (κ3) is 1.79. The Labute approximate surface area is 111 Å². The lowest BCUT2D eigenvalue weighted by Gasteiger charge is -2.29. The Bertz CT molecular complexity index is 552. The topological polar surface area (TPSA) is 54.5 Å². The molecule has 3 atom stereocenters. The largest absolute Gasteiger partial charge is 0.300 e. The van der Waals surface area contributed by atoms with Crippen LogP contribution in [0.3, 0.4) is 0 Å². The highest BCUT2D eigenvalue weighted by atomic mass is 16.2. The fraction of sp³-hybridized carbons (Fsp3) is 0.400. The van der Waals surface area contributed by atoms with Crippen LogP contribution in [0.4, 0.5) is 0 Å². The van der Waals surface area contributed by atoms with Crippen LogP contribution in [0.1, 0.15) is 24.3 Å². The van der Waals surface area contributed by atoms with Crippen LogP contribution < -0.4 is 0 Å². The van der Waals surface area contributed by atoms with E-state index in [2.05, 4.69) is 0 Å². The predicted molar refractivity (Wildman–Crippen MR) is 68.2 cm³/mol. The van der Waals surface area contributed by atoms with Crippen LogP contribution in [0.5, 0.6) is 0 Å². The van der Waals surface area contributed by atoms with Gasteiger partial charge in [0.15, 0.2) is 0 Å². The first-order valence-electron chi connectivity index (χ1n) is 6.47. The Balaban J connectivity index is 2.02. The first-order chi connectivity index (χ1) is 9.09. The van der Waals surface area contributed by atoms with Crippen molar-refractivity contribution < 1.29 is 14.4 Å². The van der Waals surface area contributed by atoms with Gasteiger partial charge in [-0.25, -0.2) is 0 Å². The number of nitrogens with zero attached hydrogens (tertiary/aromatic N) is 1. The van der Waals surface area contributed by atoms with E-state index in [1.165, 1.54) is 11.9 Å². The molecule has 1 aliphatic carbocycles. The highest BCUT2D eigenvalue weighted by molar-refractivity contribution is 6.08. The minimum Gasteiger partial charge on any atom is -0.300 e. The predicted octanol–water partition coefficient (Wildman–Crippen LogP) is 1.36. The van der Waals surface area contributed by atoms with E-state index in [0.717, 1.165) is 5.56 Å². The summed E-state index contributed by atoms with van der Waals surface area (Å²) in [5.41, 5.74) is 0.974. The van der Waals surface area contributed by atoms with Gasteiger partial charge in [0.05, 0.1) is 11.8 Å². The van der Waals surface area contributed by atoms with Crippen molar-refractivity contribution in [3.05, 3.63) is 35.9 Å². The third-order valence-corrected chi connectivity index (χ3v) is 4.25. The van der Waals surface area contributed by atoms with E-state index in [1.54, 1.807) is 0 Å². The summed E-state index contributed by atoms with van der Waals surface area (Å²) >= 11 is 0. The second-order valence-corrected chi connectivity index (χ2v) is 5.33. The molecule has 0 N–H and O–H groups in total. The lowest BCUT2D eigenvalue weighted by Crippen LogP contribution is -2.33. The Morgan fingerprint density at radius 2 is 1.58 bits per heavy atom. The van der Waals surface area contributed by atoms with Crippen molar-refractivity contribution in [2.45, 2.75) is 18.8 Å². The van der Waals surface area contributed by atoms with E-state index < -0.39 is 5.92 Å². The van der Waals surface area contributed by atoms with Gasteiger partial charge in [-0.3, -0.25) is 19.3 Å². The van der Waals surface area contributed by atoms with Crippen LogP contribution in [0.15, 0.2) is 30.3 Å². The van der Waals surface area contributed by atoms with Gasteiger partial charge in [0.25, 0.3) is 0 Å². The molecule has 4 nitrogen and oxygen atoms in total. The molecule has 0 spiro atoms. The molecule has 2 amide bonds. The number of carbonyl (C=O) groups is 3. The Hall–Kier alpha value is -1.97. The minimum atomic E-state index is -0.455. The summed E-state index contributed by atoms with van der Waals surface area (Å²) in [6.07, 6.45) is 0.570. The fourth-order valence-electron chi connectivity index (χ4n) is 3.30. The molecule has 0 bridgehead atoms. The molecule has 0 radical (unpaired) electrons. The summed E-state index contributed by atoms with van der Waals surface area (Å²) in [7, 11) is 1.51. The standard InChI is InChI=1S/C15H15NO3/c1-16-14(18)12-8-10(17)7-11(13(12)15(16)19)9-5-3-2-4-6-9/h2-6,11-13H,7-8H2,1H3/t11?,12-,13+/m0/s1. The van der Waals surface area contributed by atoms with Crippen LogP contribution in [-0.2, 0) is 14.4 Å². The van der Waals surface area contributed by atoms with Crippen LogP contribution in [0.2, 0.25) is 0 Å². The van der Waals surface area contributed by atoms with Crippen LogP contribution in [-0.4, -0.2) is 29.5 Å². The normalized spacial score (nSPS) is 30.7. The van der Waals surface area contributed by atoms with Crippen molar-refractivity contribution in [3.8, 4) is 0 Å². The number of imide groups is 1. The molecule has 1 aliphatic heterocycles. The molecule has 3 rings (SSSR count). The monoisotopic (exact) mass is 257 g/mol. The zero-order chi connectivity index (χ0) is 13.6. The van der Waals surface area contributed by atoms with Gasteiger partial charge in [-0.2, -0.15) is 0 Å². The van der Waals surface area contributed by atoms with Crippen molar-refractivity contribution in [3.63, 3.8) is 0 Å². The zero-order valence-electron chi connectivity index (χ0n) is 10.7. The molecule has 98 valence electrons. The maximum atomic E-state index is 12.2. The van der Waals surface area contributed by atoms with Crippen molar-refractivity contribution in [2.24, 2.45) is 11.8 Å². The van der Waals surface area contributed by atoms with Gasteiger partial charge in [-0.1, -0.05) is 30.3 Å². The molecular weight excluding hydrogens is 242 g/mol. The van der Waals surface area contributed by atoms with Crippen molar-refractivity contribution in [2.75, 3.05) is 7.05 Å². The molecule has 1 heterocycles. The average molecular weight is 257 g/mol. The molecule has 1 saturated heterocycles. The van der Waals surface area contributed by atoms with Crippen molar-refractivity contribution in [1.29, 1.82) is 0 Å². The third-order valence-electron chi connectivity index (χ3n) is 4.25. The van der Waals surface area contributed by atoms with Gasteiger partial charge in [-0.15, -0.1) is 0 Å². The fourth-order valence-corrected chi connectivity index (χ4v) is 3.30. The number of fused-ring (bicyclic) bond motifs is 1. The molecule has 1 unspecified atom stereocenters. The SMILES string of the molecule is CN1C(=O)[C@H]2CC(=O)CC(c3ccccc3)[C@H]2C1=O. The van der Waals surface area contributed by atoms with Gasteiger partial charge in [0.1, 0.15) is 5.78 Å². The van der Waals surface area contributed by atoms with E-state index in [1.807, 2.05) is 30.3 Å². The lowest BCUT2D eigenvalue weighted by molar-refractivity contribution is -0.138. The van der Waals surface area contributed by atoms with E-state index in [4.69, 9.17) is 0 Å². The average Bonchev–Trinajstić information content (AvgIpc) is 2.64. The second kappa shape index (κ2) is 4.30. The highest BCUT2D eigenvalue weighted by Gasteiger charge is 2.53. The number of benzene rings is 1. The number of amides is 2. The minimum absolute atomic E-state index is 0.0755. The van der Waals surface area contributed by atoms with Gasteiger partial charge in [-0.05, 0) is 5.56 Å². The summed E-state index contributed by atoms with van der Waals surface area (Å²) in [4.78, 5) is 37.3. The Morgan fingerprint density at radius 3 is 2.26 bits per heavy atom. The van der Waals surface area contributed by atoms with Crippen LogP contribution >= 0.6 is 0 Å². The summed E-state index contributed by atoms with van der Waals surface area (Å²) in [6.45, 7) is 0. The van der Waals surface area contributed by atoms with Gasteiger partial charge in [0, 0.05) is 25.8 Å². The van der Waals surface area contributed by atoms with Gasteiger partial charge >= 0.3 is 0 Å². The van der Waals surface area contributed by atoms with E-state index >= 15 is 0 Å². The van der Waals surface area contributed by atoms with Gasteiger partial charge in [0.2, 0.25) is 11.8 Å². The molecule has 0 aromatic heterocycles. The quantitative estimate of drug-likeness (QED) is 0.714. The Kier molecular flexibility index (Phi) is 2.73. The summed E-state index contributed by atoms with van der Waals surface area (Å²) in [5, 5.41) is 0. The molecule has 1 aromatic rings. The van der Waals surface area contributed by atoms with E-state index in [-0.39, 0.29) is 35.9 Å². The molecule has 2 fully saturated rings. The van der Waals surface area contributed by atoms with E-state index in [9.17, 15) is 14.4 Å². The highest BCUT2D eigenvalue weighted by Crippen LogP contribution is 2.44. The summed E-state index contributed by atoms with van der Waals surface area (Å²) < 4.78 is 0. The molecule has 2 aliphatic rings. The zero-order valence-corrected chi connectivity index (χ0v) is 10.7. The first-order valence-corrected chi connectivity index (χ1v) is 6.47. The molecular formula is C15H15NO3. The number of ketones is 1. The van der Waals surface area contributed by atoms with E-state index in [0.29, 0.717) is 6.42 Å². The number of Topliss-reactive ketones (excluding diaryl/α,β-unsaturated/α-hetero) is 1. The second-order valence-electron chi connectivity index (χ2n) is 5.33. The summed E-state index contributed by atoms with van der Waals surface area (Å²) in [6, 6.07) is 9.55. The maximum Gasteiger partial charge on any atom is 0.233 e. The number of hydrogen-bond acceptors (Lipinski definition) is 3. The maximum absolute atomic E-state index is 12.2. The lowest BCUT2D eigenvalue weighted by atomic mass is 9.70. The number of likely N-dealkylation sites (tertiary alicyclic amines) is 1.